The highest BCUT2D eigenvalue weighted by molar-refractivity contribution is 5.71. The van der Waals surface area contributed by atoms with Crippen LogP contribution in [0.2, 0.25) is 0 Å². The normalized spacial score (nSPS) is 12.0. The SMILES string of the molecule is CCCCCCCC/C=C\CCCCCCCCCC(=O)OCC(COC(=O)CCCCCCCCCCCCCCCCCCCCCCC)OC(=O)CCCCCCCCCCCCCCCCCCCCCC. The number of carbonyl (C=O) groups excluding carboxylic acids is 3. The number of hydrogen-bond donors (Lipinski definition) is 0. The first-order valence-electron chi connectivity index (χ1n) is 34.7. The maximum Gasteiger partial charge on any atom is 0.306 e. The molecule has 0 radical (unpaired) electrons. The molecule has 450 valence electrons. The molecule has 0 fully saturated rings. The van der Waals surface area contributed by atoms with Crippen LogP contribution in [0.15, 0.2) is 12.2 Å². The van der Waals surface area contributed by atoms with Crippen LogP contribution in [0.1, 0.15) is 400 Å². The van der Waals surface area contributed by atoms with Crippen molar-refractivity contribution in [2.45, 2.75) is 406 Å². The molecule has 0 amide bonds. The quantitative estimate of drug-likeness (QED) is 0.0261. The van der Waals surface area contributed by atoms with Gasteiger partial charge in [-0.1, -0.05) is 348 Å². The fourth-order valence-electron chi connectivity index (χ4n) is 10.8. The number of ether oxygens (including phenoxy) is 3. The topological polar surface area (TPSA) is 78.9 Å². The van der Waals surface area contributed by atoms with E-state index in [0.717, 1.165) is 57.8 Å². The lowest BCUT2D eigenvalue weighted by molar-refractivity contribution is -0.167. The Morgan fingerprint density at radius 2 is 0.434 bits per heavy atom. The Bertz CT molecular complexity index is 1180. The first kappa shape index (κ1) is 74.2. The van der Waals surface area contributed by atoms with Crippen LogP contribution in [0, 0.1) is 0 Å². The maximum atomic E-state index is 12.9. The van der Waals surface area contributed by atoms with Crippen LogP contribution < -0.4 is 0 Å². The second-order valence-electron chi connectivity index (χ2n) is 23.8. The van der Waals surface area contributed by atoms with E-state index in [1.807, 2.05) is 0 Å². The fraction of sp³-hybridized carbons (Fsp3) is 0.929. The molecular formula is C70H134O6. The highest BCUT2D eigenvalue weighted by Crippen LogP contribution is 2.19. The van der Waals surface area contributed by atoms with Crippen LogP contribution >= 0.6 is 0 Å². The molecule has 76 heavy (non-hydrogen) atoms. The molecule has 0 saturated heterocycles. The predicted octanol–water partition coefficient (Wildman–Crippen LogP) is 23.6. The van der Waals surface area contributed by atoms with Gasteiger partial charge in [0, 0.05) is 19.3 Å². The van der Waals surface area contributed by atoms with Gasteiger partial charge in [0.05, 0.1) is 0 Å². The smallest absolute Gasteiger partial charge is 0.306 e. The van der Waals surface area contributed by atoms with Gasteiger partial charge >= 0.3 is 17.9 Å². The van der Waals surface area contributed by atoms with E-state index in [2.05, 4.69) is 32.9 Å². The third kappa shape index (κ3) is 63.0. The van der Waals surface area contributed by atoms with Gasteiger partial charge in [0.1, 0.15) is 13.2 Å². The molecule has 6 nitrogen and oxygen atoms in total. The molecule has 1 atom stereocenters. The van der Waals surface area contributed by atoms with Crippen LogP contribution in [0.3, 0.4) is 0 Å². The van der Waals surface area contributed by atoms with Crippen molar-refractivity contribution in [3.05, 3.63) is 12.2 Å². The highest BCUT2D eigenvalue weighted by Gasteiger charge is 2.19. The number of rotatable bonds is 65. The van der Waals surface area contributed by atoms with Crippen molar-refractivity contribution >= 4 is 17.9 Å². The van der Waals surface area contributed by atoms with E-state index in [4.69, 9.17) is 14.2 Å². The monoisotopic (exact) mass is 1070 g/mol. The van der Waals surface area contributed by atoms with Gasteiger partial charge in [0.25, 0.3) is 0 Å². The number of carbonyl (C=O) groups is 3. The van der Waals surface area contributed by atoms with Gasteiger partial charge in [-0.3, -0.25) is 14.4 Å². The summed E-state index contributed by atoms with van der Waals surface area (Å²) in [6, 6.07) is 0. The second kappa shape index (κ2) is 65.7. The summed E-state index contributed by atoms with van der Waals surface area (Å²) < 4.78 is 17.0. The third-order valence-electron chi connectivity index (χ3n) is 16.0. The maximum absolute atomic E-state index is 12.9. The summed E-state index contributed by atoms with van der Waals surface area (Å²) in [4.78, 5) is 38.4. The van der Waals surface area contributed by atoms with Crippen LogP contribution in [-0.2, 0) is 28.6 Å². The van der Waals surface area contributed by atoms with Crippen molar-refractivity contribution in [3.63, 3.8) is 0 Å². The minimum Gasteiger partial charge on any atom is -0.462 e. The van der Waals surface area contributed by atoms with Crippen molar-refractivity contribution in [3.8, 4) is 0 Å². The Labute approximate surface area is 475 Å². The van der Waals surface area contributed by atoms with E-state index in [-0.39, 0.29) is 31.1 Å². The Morgan fingerprint density at radius 1 is 0.250 bits per heavy atom. The van der Waals surface area contributed by atoms with Crippen molar-refractivity contribution in [1.82, 2.24) is 0 Å². The van der Waals surface area contributed by atoms with Gasteiger partial charge in [-0.05, 0) is 44.9 Å². The van der Waals surface area contributed by atoms with Gasteiger partial charge in [-0.15, -0.1) is 0 Å². The number of hydrogen-bond acceptors (Lipinski definition) is 6. The lowest BCUT2D eigenvalue weighted by Crippen LogP contribution is -2.30. The van der Waals surface area contributed by atoms with E-state index < -0.39 is 6.10 Å². The molecule has 0 aliphatic rings. The second-order valence-corrected chi connectivity index (χ2v) is 23.8. The van der Waals surface area contributed by atoms with Crippen molar-refractivity contribution in [2.24, 2.45) is 0 Å². The number of allylic oxidation sites excluding steroid dienone is 2. The van der Waals surface area contributed by atoms with E-state index in [1.165, 1.54) is 302 Å². The highest BCUT2D eigenvalue weighted by atomic mass is 16.6. The molecular weight excluding hydrogens is 937 g/mol. The molecule has 0 aromatic heterocycles. The summed E-state index contributed by atoms with van der Waals surface area (Å²) >= 11 is 0. The van der Waals surface area contributed by atoms with Crippen LogP contribution in [-0.4, -0.2) is 37.2 Å². The van der Waals surface area contributed by atoms with Crippen molar-refractivity contribution in [2.75, 3.05) is 13.2 Å². The Morgan fingerprint density at radius 3 is 0.658 bits per heavy atom. The van der Waals surface area contributed by atoms with Gasteiger partial charge in [0.2, 0.25) is 0 Å². The summed E-state index contributed by atoms with van der Waals surface area (Å²) in [7, 11) is 0. The summed E-state index contributed by atoms with van der Waals surface area (Å²) in [5, 5.41) is 0. The van der Waals surface area contributed by atoms with E-state index in [0.29, 0.717) is 19.3 Å². The molecule has 0 rings (SSSR count). The van der Waals surface area contributed by atoms with Gasteiger partial charge < -0.3 is 14.2 Å². The standard InChI is InChI=1S/C70H134O6/c1-4-7-10-13-16-19-22-25-28-31-33-35-37-39-42-45-48-51-54-57-60-63-69(72)75-66-67(65-74-68(71)62-59-56-53-50-47-44-41-38-30-27-24-21-18-15-12-9-6-3)76-70(73)64-61-58-55-52-49-46-43-40-36-34-32-29-26-23-20-17-14-11-8-5-2/h27,30,67H,4-26,28-29,31-66H2,1-3H3/b30-27-. The summed E-state index contributed by atoms with van der Waals surface area (Å²) in [5.74, 6) is -0.832. The summed E-state index contributed by atoms with van der Waals surface area (Å²) in [6.07, 6.45) is 78.0. The zero-order valence-corrected chi connectivity index (χ0v) is 51.8. The van der Waals surface area contributed by atoms with Gasteiger partial charge in [-0.2, -0.15) is 0 Å². The van der Waals surface area contributed by atoms with E-state index in [9.17, 15) is 14.4 Å². The summed E-state index contributed by atoms with van der Waals surface area (Å²) in [6.45, 7) is 6.73. The zero-order valence-electron chi connectivity index (χ0n) is 51.8. The molecule has 0 aromatic rings. The molecule has 0 bridgehead atoms. The van der Waals surface area contributed by atoms with Gasteiger partial charge in [-0.25, -0.2) is 0 Å². The molecule has 0 heterocycles. The largest absolute Gasteiger partial charge is 0.462 e. The Kier molecular flexibility index (Phi) is 64.1. The minimum atomic E-state index is -0.768. The average Bonchev–Trinajstić information content (AvgIpc) is 3.42. The molecule has 6 heteroatoms. The first-order valence-corrected chi connectivity index (χ1v) is 34.7. The lowest BCUT2D eigenvalue weighted by atomic mass is 10.0. The fourth-order valence-corrected chi connectivity index (χ4v) is 10.8. The Balaban J connectivity index is 4.28. The predicted molar refractivity (Wildman–Crippen MR) is 330 cm³/mol. The van der Waals surface area contributed by atoms with E-state index >= 15 is 0 Å². The Hall–Kier alpha value is -1.85. The minimum absolute atomic E-state index is 0.0642. The lowest BCUT2D eigenvalue weighted by Gasteiger charge is -2.18. The van der Waals surface area contributed by atoms with Crippen LogP contribution in [0.5, 0.6) is 0 Å². The molecule has 1 unspecified atom stereocenters. The third-order valence-corrected chi connectivity index (χ3v) is 16.0. The number of unbranched alkanes of at least 4 members (excludes halogenated alkanes) is 52. The van der Waals surface area contributed by atoms with E-state index in [1.54, 1.807) is 0 Å². The molecule has 0 spiro atoms. The van der Waals surface area contributed by atoms with Crippen LogP contribution in [0.4, 0.5) is 0 Å². The van der Waals surface area contributed by atoms with Crippen molar-refractivity contribution < 1.29 is 28.6 Å². The van der Waals surface area contributed by atoms with Crippen LogP contribution in [0.25, 0.3) is 0 Å². The zero-order chi connectivity index (χ0) is 55.0. The molecule has 0 N–H and O–H groups in total. The average molecular weight is 1070 g/mol. The van der Waals surface area contributed by atoms with Gasteiger partial charge in [0.15, 0.2) is 6.10 Å². The number of esters is 3. The first-order chi connectivity index (χ1) is 37.5. The molecule has 0 aliphatic heterocycles. The molecule has 0 aromatic carbocycles. The molecule has 0 aliphatic carbocycles. The summed E-state index contributed by atoms with van der Waals surface area (Å²) in [5.41, 5.74) is 0. The van der Waals surface area contributed by atoms with Crippen molar-refractivity contribution in [1.29, 1.82) is 0 Å². The molecule has 0 saturated carbocycles.